The smallest absolute Gasteiger partial charge is 0.149 e. The first-order valence-corrected chi connectivity index (χ1v) is 17.5. The normalized spacial score (nSPS) is 26.4. The minimum Gasteiger partial charge on any atom is -0.330 e. The highest BCUT2D eigenvalue weighted by molar-refractivity contribution is 5.67. The maximum atomic E-state index is 15.4. The van der Waals surface area contributed by atoms with Crippen LogP contribution in [0.2, 0.25) is 0 Å². The molecule has 5 saturated carbocycles. The maximum absolute atomic E-state index is 15.4. The molecule has 2 heterocycles. The van der Waals surface area contributed by atoms with E-state index in [9.17, 15) is 0 Å². The molecule has 5 aliphatic rings. The van der Waals surface area contributed by atoms with E-state index in [-0.39, 0.29) is 16.8 Å². The molecule has 5 fully saturated rings. The highest BCUT2D eigenvalue weighted by atomic mass is 19.1. The average molecular weight is 595 g/mol. The van der Waals surface area contributed by atoms with Gasteiger partial charge >= 0.3 is 0 Å². The first kappa shape index (κ1) is 29.7. The Balaban J connectivity index is 1.17. The summed E-state index contributed by atoms with van der Waals surface area (Å²) in [5, 5.41) is 4.68. The number of aryl methyl sites for hydroxylation is 2. The molecule has 0 atom stereocenters. The van der Waals surface area contributed by atoms with Crippen molar-refractivity contribution in [1.29, 1.82) is 0 Å². The number of fused-ring (bicyclic) bond motifs is 3. The largest absolute Gasteiger partial charge is 0.330 e. The molecule has 44 heavy (non-hydrogen) atoms. The van der Waals surface area contributed by atoms with Gasteiger partial charge in [0, 0.05) is 29.6 Å². The molecule has 2 bridgehead atoms. The lowest BCUT2D eigenvalue weighted by Gasteiger charge is -2.55. The van der Waals surface area contributed by atoms with Crippen LogP contribution in [-0.4, -0.2) is 21.3 Å². The summed E-state index contributed by atoms with van der Waals surface area (Å²) in [7, 11) is 0. The van der Waals surface area contributed by atoms with Crippen molar-refractivity contribution in [1.82, 2.24) is 14.8 Å². The number of rotatable bonds is 9. The molecule has 2 aromatic heterocycles. The van der Waals surface area contributed by atoms with E-state index in [4.69, 9.17) is 11.6 Å². The van der Waals surface area contributed by atoms with Crippen LogP contribution in [-0.2, 0) is 17.4 Å². The summed E-state index contributed by atoms with van der Waals surface area (Å²) in [6, 6.07) is 9.28. The molecule has 0 spiro atoms. The van der Waals surface area contributed by atoms with Crippen LogP contribution >= 0.6 is 0 Å². The number of aromatic nitrogens is 3. The molecule has 8 rings (SSSR count). The Morgan fingerprint density at radius 3 is 2.34 bits per heavy atom. The van der Waals surface area contributed by atoms with Crippen LogP contribution in [0.5, 0.6) is 0 Å². The van der Waals surface area contributed by atoms with Crippen molar-refractivity contribution in [2.45, 2.75) is 128 Å². The van der Waals surface area contributed by atoms with Crippen molar-refractivity contribution in [3.63, 3.8) is 0 Å². The number of benzene rings is 1. The molecule has 0 N–H and O–H groups in total. The van der Waals surface area contributed by atoms with Crippen molar-refractivity contribution >= 4 is 5.82 Å². The van der Waals surface area contributed by atoms with E-state index in [1.54, 1.807) is 5.56 Å². The first-order valence-electron chi connectivity index (χ1n) is 17.5. The van der Waals surface area contributed by atoms with Crippen LogP contribution < -0.4 is 4.90 Å². The summed E-state index contributed by atoms with van der Waals surface area (Å²) in [4.78, 5) is 7.18. The summed E-state index contributed by atoms with van der Waals surface area (Å²) in [5.41, 5.74) is 7.73. The van der Waals surface area contributed by atoms with Gasteiger partial charge in [-0.25, -0.2) is 9.37 Å². The maximum Gasteiger partial charge on any atom is 0.149 e. The monoisotopic (exact) mass is 594 g/mol. The number of hydrogen-bond donors (Lipinski definition) is 0. The van der Waals surface area contributed by atoms with Gasteiger partial charge in [-0.15, -0.1) is 0 Å². The predicted molar refractivity (Wildman–Crippen MR) is 178 cm³/mol. The van der Waals surface area contributed by atoms with E-state index < -0.39 is 0 Å². The van der Waals surface area contributed by atoms with E-state index in [1.807, 2.05) is 18.5 Å². The quantitative estimate of drug-likeness (QED) is 0.247. The number of nitrogens with zero attached hydrogens (tertiary/aromatic N) is 4. The highest BCUT2D eigenvalue weighted by Gasteiger charge is 2.50. The second-order valence-corrected chi connectivity index (χ2v) is 15.2. The Bertz CT molecular complexity index is 1500. The molecule has 1 aromatic carbocycles. The van der Waals surface area contributed by atoms with Gasteiger partial charge in [0.05, 0.1) is 17.9 Å². The van der Waals surface area contributed by atoms with Gasteiger partial charge in [-0.3, -0.25) is 4.68 Å². The third kappa shape index (κ3) is 5.22. The summed E-state index contributed by atoms with van der Waals surface area (Å²) in [6.07, 6.45) is 23.6. The van der Waals surface area contributed by atoms with Gasteiger partial charge in [0.25, 0.3) is 0 Å². The zero-order valence-electron chi connectivity index (χ0n) is 27.3. The fourth-order valence-corrected chi connectivity index (χ4v) is 9.15. The Hall–Kier alpha value is -2.95. The number of allylic oxidation sites excluding steroid dienone is 1. The molecular weight excluding hydrogens is 543 g/mol. The van der Waals surface area contributed by atoms with Crippen LogP contribution in [0.4, 0.5) is 10.2 Å². The summed E-state index contributed by atoms with van der Waals surface area (Å²) in [5.74, 6) is 1.04. The summed E-state index contributed by atoms with van der Waals surface area (Å²) >= 11 is 0. The molecule has 0 amide bonds. The predicted octanol–water partition coefficient (Wildman–Crippen LogP) is 10.0. The molecular formula is C39H51FN4. The van der Waals surface area contributed by atoms with Crippen LogP contribution in [0.3, 0.4) is 0 Å². The Kier molecular flexibility index (Phi) is 7.74. The van der Waals surface area contributed by atoms with Crippen LogP contribution in [0.25, 0.3) is 11.1 Å². The van der Waals surface area contributed by atoms with Gasteiger partial charge in [-0.05, 0) is 130 Å². The third-order valence-electron chi connectivity index (χ3n) is 12.6. The Morgan fingerprint density at radius 1 is 0.977 bits per heavy atom. The van der Waals surface area contributed by atoms with E-state index in [0.29, 0.717) is 16.9 Å². The Labute approximate surface area is 264 Å². The fraction of sp³-hybridized carbons (Fsp3) is 0.590. The topological polar surface area (TPSA) is 34.0 Å². The van der Waals surface area contributed by atoms with Gasteiger partial charge in [0.1, 0.15) is 11.6 Å². The fourth-order valence-electron chi connectivity index (χ4n) is 9.15. The number of hydrogen-bond acceptors (Lipinski definition) is 3. The molecule has 0 radical (unpaired) electrons. The standard InChI is InChI=1S/C39H51FN4/c1-5-30-12-13-33(22-28(30)2)39-19-16-38(17-20-39,18-21-39)27-43(29(3)31-10-7-6-8-11-31)36-23-34(35(40)25-41-36)32-24-42-44(26-32)37(4)14-9-15-37/h12-13,22-26,31H,3,5-11,14-21,27H2,1-2,4H3. The van der Waals surface area contributed by atoms with E-state index in [1.165, 1.54) is 100 Å². The molecule has 4 nitrogen and oxygen atoms in total. The number of pyridine rings is 1. The lowest BCUT2D eigenvalue weighted by Crippen LogP contribution is -2.49. The third-order valence-corrected chi connectivity index (χ3v) is 12.6. The lowest BCUT2D eigenvalue weighted by atomic mass is 9.51. The second-order valence-electron chi connectivity index (χ2n) is 15.2. The molecule has 5 heteroatoms. The van der Waals surface area contributed by atoms with E-state index in [0.717, 1.165) is 37.2 Å². The zero-order valence-corrected chi connectivity index (χ0v) is 27.3. The van der Waals surface area contributed by atoms with Crippen molar-refractivity contribution < 1.29 is 4.39 Å². The highest BCUT2D eigenvalue weighted by Crippen LogP contribution is 2.58. The van der Waals surface area contributed by atoms with Gasteiger partial charge in [-0.2, -0.15) is 5.10 Å². The van der Waals surface area contributed by atoms with Crippen molar-refractivity contribution in [2.75, 3.05) is 11.4 Å². The molecule has 234 valence electrons. The molecule has 0 aliphatic heterocycles. The van der Waals surface area contributed by atoms with Crippen LogP contribution in [0, 0.1) is 24.1 Å². The molecule has 5 aliphatic carbocycles. The van der Waals surface area contributed by atoms with E-state index in [2.05, 4.69) is 53.7 Å². The van der Waals surface area contributed by atoms with E-state index >= 15 is 4.39 Å². The van der Waals surface area contributed by atoms with Crippen molar-refractivity contribution in [2.24, 2.45) is 11.3 Å². The average Bonchev–Trinajstić information content (AvgIpc) is 3.54. The Morgan fingerprint density at radius 2 is 1.70 bits per heavy atom. The number of halogens is 1. The summed E-state index contributed by atoms with van der Waals surface area (Å²) in [6.45, 7) is 12.5. The van der Waals surface area contributed by atoms with Crippen LogP contribution in [0.1, 0.15) is 120 Å². The van der Waals surface area contributed by atoms with Gasteiger partial charge in [0.2, 0.25) is 0 Å². The van der Waals surface area contributed by atoms with Crippen LogP contribution in [0.15, 0.2) is 55.1 Å². The zero-order chi connectivity index (χ0) is 30.5. The van der Waals surface area contributed by atoms with Crippen molar-refractivity contribution in [3.05, 3.63) is 77.6 Å². The summed E-state index contributed by atoms with van der Waals surface area (Å²) < 4.78 is 17.5. The SMILES string of the molecule is C=C(C1CCCCC1)N(CC12CCC(c3ccc(CC)c(C)c3)(CC1)CC2)c1cc(-c2cnn(C3(C)CCC3)c2)c(F)cn1. The lowest BCUT2D eigenvalue weighted by molar-refractivity contribution is 0.0459. The molecule has 0 saturated heterocycles. The second kappa shape index (κ2) is 11.4. The van der Waals surface area contributed by atoms with Gasteiger partial charge in [0.15, 0.2) is 0 Å². The minimum absolute atomic E-state index is 0.0545. The number of anilines is 1. The molecule has 3 aromatic rings. The van der Waals surface area contributed by atoms with Gasteiger partial charge < -0.3 is 4.90 Å². The minimum atomic E-state index is -0.280. The van der Waals surface area contributed by atoms with Gasteiger partial charge in [-0.1, -0.05) is 51.0 Å². The first-order chi connectivity index (χ1) is 21.2. The molecule has 0 unspecified atom stereocenters. The van der Waals surface area contributed by atoms with Crippen molar-refractivity contribution in [3.8, 4) is 11.1 Å².